The number of benzene rings is 1. The summed E-state index contributed by atoms with van der Waals surface area (Å²) < 4.78 is 12.1. The number of rotatable bonds is 6. The molecule has 0 unspecified atom stereocenters. The van der Waals surface area contributed by atoms with Crippen LogP contribution < -0.4 is 0 Å². The van der Waals surface area contributed by atoms with E-state index >= 15 is 0 Å². The van der Waals surface area contributed by atoms with E-state index in [4.69, 9.17) is 8.85 Å². The minimum atomic E-state index is -1.68. The Bertz CT molecular complexity index is 479. The molecular formula is C16H26O2Si2. The molecule has 0 fully saturated rings. The van der Waals surface area contributed by atoms with E-state index in [0.717, 1.165) is 11.3 Å². The maximum Gasteiger partial charge on any atom is 0.242 e. The predicted octanol–water partition coefficient (Wildman–Crippen LogP) is 5.24. The molecule has 4 heteroatoms. The Hall–Kier alpha value is -1.27. The van der Waals surface area contributed by atoms with Crippen molar-refractivity contribution in [1.29, 1.82) is 0 Å². The molecule has 1 rings (SSSR count). The molecule has 0 spiro atoms. The van der Waals surface area contributed by atoms with Gasteiger partial charge in [-0.05, 0) is 39.3 Å². The third kappa shape index (κ3) is 6.77. The van der Waals surface area contributed by atoms with Gasteiger partial charge in [-0.15, -0.1) is 0 Å². The summed E-state index contributed by atoms with van der Waals surface area (Å²) in [5.74, 6) is 1.54. The van der Waals surface area contributed by atoms with Crippen LogP contribution in [0.5, 0.6) is 0 Å². The summed E-state index contributed by atoms with van der Waals surface area (Å²) in [5.41, 5.74) is 1.07. The molecule has 0 aliphatic rings. The second-order valence-corrected chi connectivity index (χ2v) is 15.6. The first-order chi connectivity index (χ1) is 9.07. The van der Waals surface area contributed by atoms with Crippen molar-refractivity contribution in [2.45, 2.75) is 39.3 Å². The van der Waals surface area contributed by atoms with Crippen molar-refractivity contribution in [2.75, 3.05) is 0 Å². The molecule has 0 aromatic heterocycles. The average Bonchev–Trinajstić information content (AvgIpc) is 2.25. The van der Waals surface area contributed by atoms with E-state index in [0.29, 0.717) is 5.76 Å². The van der Waals surface area contributed by atoms with E-state index in [1.165, 1.54) is 0 Å². The molecule has 0 bridgehead atoms. The van der Waals surface area contributed by atoms with Gasteiger partial charge in [-0.3, -0.25) is 0 Å². The molecule has 20 heavy (non-hydrogen) atoms. The van der Waals surface area contributed by atoms with Crippen molar-refractivity contribution in [3.8, 4) is 0 Å². The maximum atomic E-state index is 6.18. The van der Waals surface area contributed by atoms with Gasteiger partial charge in [0, 0.05) is 11.6 Å². The van der Waals surface area contributed by atoms with Gasteiger partial charge in [0.25, 0.3) is 0 Å². The summed E-state index contributed by atoms with van der Waals surface area (Å²) in [6, 6.07) is 10.1. The third-order valence-corrected chi connectivity index (χ3v) is 3.91. The van der Waals surface area contributed by atoms with Gasteiger partial charge in [0.15, 0.2) is 0 Å². The summed E-state index contributed by atoms with van der Waals surface area (Å²) in [5, 5.41) is 0. The predicted molar refractivity (Wildman–Crippen MR) is 92.4 cm³/mol. The van der Waals surface area contributed by atoms with Gasteiger partial charge in [0.2, 0.25) is 16.6 Å². The van der Waals surface area contributed by atoms with Gasteiger partial charge in [0.05, 0.1) is 5.76 Å². The monoisotopic (exact) mass is 306 g/mol. The second-order valence-electron chi connectivity index (χ2n) is 6.77. The zero-order valence-corrected chi connectivity index (χ0v) is 15.5. The topological polar surface area (TPSA) is 18.5 Å². The van der Waals surface area contributed by atoms with E-state index < -0.39 is 16.6 Å². The highest BCUT2D eigenvalue weighted by Gasteiger charge is 2.20. The normalized spacial score (nSPS) is 13.0. The van der Waals surface area contributed by atoms with E-state index in [-0.39, 0.29) is 0 Å². The summed E-state index contributed by atoms with van der Waals surface area (Å²) in [6.07, 6.45) is 1.92. The van der Waals surface area contributed by atoms with Crippen LogP contribution in [0.1, 0.15) is 5.56 Å². The lowest BCUT2D eigenvalue weighted by Crippen LogP contribution is -2.26. The van der Waals surface area contributed by atoms with Gasteiger partial charge in [-0.2, -0.15) is 0 Å². The minimum Gasteiger partial charge on any atom is -0.545 e. The second kappa shape index (κ2) is 6.46. The van der Waals surface area contributed by atoms with Crippen molar-refractivity contribution in [3.63, 3.8) is 0 Å². The molecule has 110 valence electrons. The Morgan fingerprint density at radius 3 is 1.85 bits per heavy atom. The van der Waals surface area contributed by atoms with Crippen LogP contribution in [0.2, 0.25) is 39.3 Å². The van der Waals surface area contributed by atoms with Crippen molar-refractivity contribution < 1.29 is 8.85 Å². The molecule has 2 nitrogen and oxygen atoms in total. The highest BCUT2D eigenvalue weighted by molar-refractivity contribution is 6.70. The molecule has 0 amide bonds. The largest absolute Gasteiger partial charge is 0.545 e. The molecular weight excluding hydrogens is 280 g/mol. The Morgan fingerprint density at radius 1 is 0.900 bits per heavy atom. The molecule has 0 heterocycles. The molecule has 0 radical (unpaired) electrons. The first kappa shape index (κ1) is 16.8. The fourth-order valence-corrected chi connectivity index (χ4v) is 3.35. The van der Waals surface area contributed by atoms with E-state index in [2.05, 4.69) is 45.9 Å². The Labute approximate surface area is 125 Å². The average molecular weight is 307 g/mol. The Kier molecular flexibility index (Phi) is 5.42. The molecule has 0 saturated carbocycles. The fourth-order valence-electron chi connectivity index (χ4n) is 1.67. The third-order valence-electron chi connectivity index (χ3n) is 2.20. The lowest BCUT2D eigenvalue weighted by atomic mass is 10.2. The summed E-state index contributed by atoms with van der Waals surface area (Å²) >= 11 is 0. The molecule has 1 aromatic carbocycles. The van der Waals surface area contributed by atoms with E-state index in [9.17, 15) is 0 Å². The van der Waals surface area contributed by atoms with Gasteiger partial charge in [0.1, 0.15) is 5.76 Å². The SMILES string of the molecule is C=C(/C=C(/O[Si](C)(C)C)c1ccccc1)O[Si](C)(C)C. The quantitative estimate of drug-likeness (QED) is 0.406. The summed E-state index contributed by atoms with van der Waals surface area (Å²) in [4.78, 5) is 0. The van der Waals surface area contributed by atoms with Crippen LogP contribution in [0.15, 0.2) is 48.7 Å². The summed E-state index contributed by atoms with van der Waals surface area (Å²) in [7, 11) is -3.32. The molecule has 0 aliphatic carbocycles. The fraction of sp³-hybridized carbons (Fsp3) is 0.375. The van der Waals surface area contributed by atoms with Gasteiger partial charge in [-0.1, -0.05) is 36.9 Å². The van der Waals surface area contributed by atoms with Crippen molar-refractivity contribution in [1.82, 2.24) is 0 Å². The zero-order chi connectivity index (χ0) is 15.4. The first-order valence-corrected chi connectivity index (χ1v) is 13.7. The lowest BCUT2D eigenvalue weighted by molar-refractivity contribution is 0.439. The smallest absolute Gasteiger partial charge is 0.242 e. The standard InChI is InChI=1S/C16H26O2Si2/c1-14(17-19(2,3)4)13-16(18-20(5,6)7)15-11-9-8-10-12-15/h8-13H,1H2,2-7H3/b16-13+. The van der Waals surface area contributed by atoms with Crippen LogP contribution in [0.3, 0.4) is 0 Å². The molecule has 0 N–H and O–H groups in total. The van der Waals surface area contributed by atoms with Crippen LogP contribution in [0, 0.1) is 0 Å². The molecule has 1 aromatic rings. The number of hydrogen-bond acceptors (Lipinski definition) is 2. The molecule has 0 atom stereocenters. The van der Waals surface area contributed by atoms with E-state index in [1.54, 1.807) is 0 Å². The van der Waals surface area contributed by atoms with Crippen molar-refractivity contribution >= 4 is 22.4 Å². The first-order valence-electron chi connectivity index (χ1n) is 6.91. The van der Waals surface area contributed by atoms with Crippen LogP contribution in [0.4, 0.5) is 0 Å². The van der Waals surface area contributed by atoms with Crippen LogP contribution in [0.25, 0.3) is 5.76 Å². The molecule has 0 aliphatic heterocycles. The van der Waals surface area contributed by atoms with Gasteiger partial charge in [-0.25, -0.2) is 0 Å². The highest BCUT2D eigenvalue weighted by Crippen LogP contribution is 2.23. The Balaban J connectivity index is 3.02. The highest BCUT2D eigenvalue weighted by atomic mass is 28.4. The van der Waals surface area contributed by atoms with Gasteiger partial charge >= 0.3 is 0 Å². The molecule has 0 saturated heterocycles. The maximum absolute atomic E-state index is 6.18. The van der Waals surface area contributed by atoms with Crippen LogP contribution >= 0.6 is 0 Å². The van der Waals surface area contributed by atoms with Gasteiger partial charge < -0.3 is 8.85 Å². The zero-order valence-electron chi connectivity index (χ0n) is 13.5. The minimum absolute atomic E-state index is 0.682. The summed E-state index contributed by atoms with van der Waals surface area (Å²) in [6.45, 7) is 17.0. The Morgan fingerprint density at radius 2 is 1.40 bits per heavy atom. The van der Waals surface area contributed by atoms with Crippen molar-refractivity contribution in [3.05, 3.63) is 54.3 Å². The number of allylic oxidation sites excluding steroid dienone is 1. The number of hydrogen-bond donors (Lipinski definition) is 0. The van der Waals surface area contributed by atoms with E-state index in [1.807, 2.05) is 36.4 Å². The van der Waals surface area contributed by atoms with Crippen LogP contribution in [-0.2, 0) is 8.85 Å². The van der Waals surface area contributed by atoms with Crippen LogP contribution in [-0.4, -0.2) is 16.6 Å². The van der Waals surface area contributed by atoms with Crippen molar-refractivity contribution in [2.24, 2.45) is 0 Å². The lowest BCUT2D eigenvalue weighted by Gasteiger charge is -2.24.